The Balaban J connectivity index is 2.65. The van der Waals surface area contributed by atoms with E-state index in [1.54, 1.807) is 24.3 Å². The summed E-state index contributed by atoms with van der Waals surface area (Å²) in [5.41, 5.74) is 0.347. The van der Waals surface area contributed by atoms with Crippen molar-refractivity contribution in [1.82, 2.24) is 9.78 Å². The quantitative estimate of drug-likeness (QED) is 0.770. The Kier molecular flexibility index (Phi) is 2.88. The molecule has 17 heavy (non-hydrogen) atoms. The van der Waals surface area contributed by atoms with Crippen molar-refractivity contribution in [2.75, 3.05) is 7.11 Å². The van der Waals surface area contributed by atoms with E-state index >= 15 is 0 Å². The lowest BCUT2D eigenvalue weighted by Gasteiger charge is -2.06. The Hall–Kier alpha value is -2.61. The van der Waals surface area contributed by atoms with Gasteiger partial charge in [0, 0.05) is 0 Å². The lowest BCUT2D eigenvalue weighted by atomic mass is 10.3. The Labute approximate surface area is 97.5 Å². The van der Waals surface area contributed by atoms with Gasteiger partial charge in [-0.15, -0.1) is 5.10 Å². The maximum atomic E-state index is 11.8. The summed E-state index contributed by atoms with van der Waals surface area (Å²) < 4.78 is 6.08. The first kappa shape index (κ1) is 10.9. The minimum absolute atomic E-state index is 0.0796. The van der Waals surface area contributed by atoms with Crippen LogP contribution in [0.15, 0.2) is 41.2 Å². The molecule has 0 fully saturated rings. The second-order valence-corrected chi connectivity index (χ2v) is 3.26. The first-order valence-corrected chi connectivity index (χ1v) is 4.90. The summed E-state index contributed by atoms with van der Waals surface area (Å²) in [4.78, 5) is 11.8. The number of hydrogen-bond donors (Lipinski definition) is 0. The van der Waals surface area contributed by atoms with Crippen LogP contribution in [0.4, 0.5) is 0 Å². The first-order chi connectivity index (χ1) is 8.26. The van der Waals surface area contributed by atoms with Gasteiger partial charge >= 0.3 is 0 Å². The van der Waals surface area contributed by atoms with Crippen LogP contribution < -0.4 is 10.3 Å². The number of ether oxygens (including phenoxy) is 1. The molecule has 0 aliphatic rings. The summed E-state index contributed by atoms with van der Waals surface area (Å²) in [5, 5.41) is 12.9. The van der Waals surface area contributed by atoms with Gasteiger partial charge in [-0.25, -0.2) is 0 Å². The number of aromatic nitrogens is 2. The van der Waals surface area contributed by atoms with Crippen LogP contribution in [0.5, 0.6) is 5.75 Å². The lowest BCUT2D eigenvalue weighted by Crippen LogP contribution is -2.21. The van der Waals surface area contributed by atoms with Crippen LogP contribution in [0.3, 0.4) is 0 Å². The fraction of sp³-hybridized carbons (Fsp3) is 0.0833. The predicted octanol–water partition coefficient (Wildman–Crippen LogP) is 1.11. The van der Waals surface area contributed by atoms with Crippen LogP contribution in [0, 0.1) is 11.3 Å². The molecule has 1 aromatic carbocycles. The Morgan fingerprint density at radius 1 is 1.35 bits per heavy atom. The third kappa shape index (κ3) is 2.01. The molecule has 0 bridgehead atoms. The van der Waals surface area contributed by atoms with Crippen LogP contribution in [0.25, 0.3) is 5.69 Å². The molecule has 0 amide bonds. The van der Waals surface area contributed by atoms with Crippen LogP contribution in [-0.4, -0.2) is 16.9 Å². The van der Waals surface area contributed by atoms with E-state index in [4.69, 9.17) is 10.00 Å². The normalized spacial score (nSPS) is 9.65. The molecule has 0 aliphatic carbocycles. The molecule has 0 saturated heterocycles. The zero-order valence-electron chi connectivity index (χ0n) is 9.12. The molecule has 0 radical (unpaired) electrons. The highest BCUT2D eigenvalue weighted by Gasteiger charge is 2.09. The average molecular weight is 227 g/mol. The molecule has 5 heteroatoms. The molecule has 5 nitrogen and oxygen atoms in total. The van der Waals surface area contributed by atoms with Crippen LogP contribution >= 0.6 is 0 Å². The summed E-state index contributed by atoms with van der Waals surface area (Å²) >= 11 is 0. The van der Waals surface area contributed by atoms with E-state index in [0.717, 1.165) is 0 Å². The second kappa shape index (κ2) is 4.49. The molecule has 1 aromatic heterocycles. The van der Waals surface area contributed by atoms with Gasteiger partial charge in [-0.1, -0.05) is 18.2 Å². The number of para-hydroxylation sites is 1. The van der Waals surface area contributed by atoms with Gasteiger partial charge in [-0.05, 0) is 12.1 Å². The van der Waals surface area contributed by atoms with Gasteiger partial charge in [-0.2, -0.15) is 9.94 Å². The maximum absolute atomic E-state index is 11.8. The smallest absolute Gasteiger partial charge is 0.275 e. The highest BCUT2D eigenvalue weighted by molar-refractivity contribution is 5.38. The van der Waals surface area contributed by atoms with Crippen molar-refractivity contribution in [3.8, 4) is 17.5 Å². The van der Waals surface area contributed by atoms with E-state index in [1.807, 2.05) is 12.1 Å². The Bertz CT molecular complexity index is 626. The SMILES string of the molecule is COc1cc(=O)n(-c2ccccc2)nc1C#N. The summed E-state index contributed by atoms with van der Waals surface area (Å²) in [6.45, 7) is 0. The third-order valence-corrected chi connectivity index (χ3v) is 2.22. The molecule has 1 heterocycles. The zero-order valence-corrected chi connectivity index (χ0v) is 9.12. The van der Waals surface area contributed by atoms with Crippen molar-refractivity contribution in [2.24, 2.45) is 0 Å². The zero-order chi connectivity index (χ0) is 12.3. The summed E-state index contributed by atoms with van der Waals surface area (Å²) in [6.07, 6.45) is 0. The molecule has 0 atom stereocenters. The standard InChI is InChI=1S/C12H9N3O2/c1-17-11-7-12(16)15(14-10(11)8-13)9-5-3-2-4-6-9/h2-7H,1H3. The third-order valence-electron chi connectivity index (χ3n) is 2.22. The highest BCUT2D eigenvalue weighted by atomic mass is 16.5. The average Bonchev–Trinajstić information content (AvgIpc) is 2.39. The van der Waals surface area contributed by atoms with Crippen molar-refractivity contribution in [3.63, 3.8) is 0 Å². The summed E-state index contributed by atoms with van der Waals surface area (Å²) in [6, 6.07) is 12.0. The summed E-state index contributed by atoms with van der Waals surface area (Å²) in [5.74, 6) is 0.185. The van der Waals surface area contributed by atoms with E-state index in [2.05, 4.69) is 5.10 Å². The van der Waals surface area contributed by atoms with Crippen molar-refractivity contribution < 1.29 is 4.74 Å². The Morgan fingerprint density at radius 3 is 2.65 bits per heavy atom. The topological polar surface area (TPSA) is 67.9 Å². The molecule has 2 aromatic rings. The number of rotatable bonds is 2. The fourth-order valence-corrected chi connectivity index (χ4v) is 1.43. The summed E-state index contributed by atoms with van der Waals surface area (Å²) in [7, 11) is 1.39. The number of nitriles is 1. The van der Waals surface area contributed by atoms with Gasteiger partial charge in [0.1, 0.15) is 6.07 Å². The van der Waals surface area contributed by atoms with Gasteiger partial charge < -0.3 is 4.74 Å². The monoisotopic (exact) mass is 227 g/mol. The molecular formula is C12H9N3O2. The van der Waals surface area contributed by atoms with Crippen LogP contribution in [0.1, 0.15) is 5.69 Å². The van der Waals surface area contributed by atoms with E-state index in [1.165, 1.54) is 17.9 Å². The fourth-order valence-electron chi connectivity index (χ4n) is 1.43. The van der Waals surface area contributed by atoms with Gasteiger partial charge in [0.2, 0.25) is 5.69 Å². The lowest BCUT2D eigenvalue weighted by molar-refractivity contribution is 0.407. The molecular weight excluding hydrogens is 218 g/mol. The van der Waals surface area contributed by atoms with Gasteiger partial charge in [0.05, 0.1) is 18.9 Å². The highest BCUT2D eigenvalue weighted by Crippen LogP contribution is 2.12. The second-order valence-electron chi connectivity index (χ2n) is 3.26. The van der Waals surface area contributed by atoms with Crippen molar-refractivity contribution in [1.29, 1.82) is 5.26 Å². The predicted molar refractivity (Wildman–Crippen MR) is 61.1 cm³/mol. The van der Waals surface area contributed by atoms with Crippen molar-refractivity contribution in [2.45, 2.75) is 0 Å². The molecule has 0 aliphatic heterocycles. The van der Waals surface area contributed by atoms with E-state index in [-0.39, 0.29) is 17.0 Å². The first-order valence-electron chi connectivity index (χ1n) is 4.90. The van der Waals surface area contributed by atoms with Crippen molar-refractivity contribution in [3.05, 3.63) is 52.4 Å². The van der Waals surface area contributed by atoms with Crippen LogP contribution in [0.2, 0.25) is 0 Å². The van der Waals surface area contributed by atoms with Crippen molar-refractivity contribution >= 4 is 0 Å². The maximum Gasteiger partial charge on any atom is 0.275 e. The molecule has 0 N–H and O–H groups in total. The minimum atomic E-state index is -0.341. The molecule has 84 valence electrons. The number of hydrogen-bond acceptors (Lipinski definition) is 4. The molecule has 0 saturated carbocycles. The van der Waals surface area contributed by atoms with E-state index < -0.39 is 0 Å². The van der Waals surface area contributed by atoms with Gasteiger partial charge in [0.15, 0.2) is 5.75 Å². The number of nitrogens with zero attached hydrogens (tertiary/aromatic N) is 3. The van der Waals surface area contributed by atoms with Gasteiger partial charge in [0.25, 0.3) is 5.56 Å². The van der Waals surface area contributed by atoms with E-state index in [0.29, 0.717) is 5.69 Å². The minimum Gasteiger partial charge on any atom is -0.493 e. The molecule has 2 rings (SSSR count). The molecule has 0 spiro atoms. The Morgan fingerprint density at radius 2 is 2.06 bits per heavy atom. The largest absolute Gasteiger partial charge is 0.493 e. The van der Waals surface area contributed by atoms with Gasteiger partial charge in [-0.3, -0.25) is 4.79 Å². The van der Waals surface area contributed by atoms with Crippen LogP contribution in [-0.2, 0) is 0 Å². The number of benzene rings is 1. The van der Waals surface area contributed by atoms with E-state index in [9.17, 15) is 4.79 Å². The molecule has 0 unspecified atom stereocenters. The number of methoxy groups -OCH3 is 1.